The number of thiazole rings is 1. The maximum atomic E-state index is 4.09. The SMILES string of the molecule is CCC(C)C(Cc1cncs1)NC. The van der Waals surface area contributed by atoms with E-state index in [0.717, 1.165) is 12.3 Å². The van der Waals surface area contributed by atoms with Crippen LogP contribution in [0.1, 0.15) is 25.1 Å². The second-order valence-electron chi connectivity index (χ2n) is 3.45. The Labute approximate surface area is 84.4 Å². The number of hydrogen-bond acceptors (Lipinski definition) is 3. The molecule has 0 bridgehead atoms. The summed E-state index contributed by atoms with van der Waals surface area (Å²) < 4.78 is 0. The number of rotatable bonds is 5. The third-order valence-electron chi connectivity index (χ3n) is 2.61. The quantitative estimate of drug-likeness (QED) is 0.785. The van der Waals surface area contributed by atoms with Crippen LogP contribution in [0.4, 0.5) is 0 Å². The van der Waals surface area contributed by atoms with E-state index in [-0.39, 0.29) is 0 Å². The summed E-state index contributed by atoms with van der Waals surface area (Å²) >= 11 is 1.74. The van der Waals surface area contributed by atoms with E-state index in [1.807, 2.05) is 18.8 Å². The summed E-state index contributed by atoms with van der Waals surface area (Å²) in [5, 5.41) is 3.37. The van der Waals surface area contributed by atoms with Gasteiger partial charge in [-0.05, 0) is 19.4 Å². The molecule has 1 aromatic heterocycles. The summed E-state index contributed by atoms with van der Waals surface area (Å²) in [6.45, 7) is 4.53. The van der Waals surface area contributed by atoms with Crippen LogP contribution in [0.2, 0.25) is 0 Å². The first-order chi connectivity index (χ1) is 6.27. The van der Waals surface area contributed by atoms with Crippen molar-refractivity contribution in [2.75, 3.05) is 7.05 Å². The molecule has 0 fully saturated rings. The number of nitrogens with zero attached hydrogens (tertiary/aromatic N) is 1. The molecular formula is C10H18N2S. The van der Waals surface area contributed by atoms with Gasteiger partial charge < -0.3 is 5.32 Å². The van der Waals surface area contributed by atoms with Crippen molar-refractivity contribution in [2.45, 2.75) is 32.7 Å². The van der Waals surface area contributed by atoms with E-state index in [1.165, 1.54) is 11.3 Å². The van der Waals surface area contributed by atoms with E-state index in [0.29, 0.717) is 6.04 Å². The van der Waals surface area contributed by atoms with E-state index < -0.39 is 0 Å². The van der Waals surface area contributed by atoms with Gasteiger partial charge in [-0.1, -0.05) is 20.3 Å². The molecular weight excluding hydrogens is 180 g/mol. The molecule has 0 aliphatic carbocycles. The van der Waals surface area contributed by atoms with Gasteiger partial charge in [-0.3, -0.25) is 4.98 Å². The first-order valence-corrected chi connectivity index (χ1v) is 5.70. The summed E-state index contributed by atoms with van der Waals surface area (Å²) in [5.74, 6) is 0.729. The van der Waals surface area contributed by atoms with Crippen LogP contribution in [0.25, 0.3) is 0 Å². The second-order valence-corrected chi connectivity index (χ2v) is 4.42. The molecule has 2 unspecified atom stereocenters. The Kier molecular flexibility index (Phi) is 4.39. The zero-order chi connectivity index (χ0) is 9.68. The van der Waals surface area contributed by atoms with Gasteiger partial charge >= 0.3 is 0 Å². The maximum absolute atomic E-state index is 4.09. The van der Waals surface area contributed by atoms with Gasteiger partial charge in [0.1, 0.15) is 0 Å². The Bertz CT molecular complexity index is 221. The molecule has 0 aliphatic rings. The predicted octanol–water partition coefficient (Wildman–Crippen LogP) is 2.32. The van der Waals surface area contributed by atoms with Crippen LogP contribution in [0.15, 0.2) is 11.7 Å². The van der Waals surface area contributed by atoms with E-state index in [4.69, 9.17) is 0 Å². The lowest BCUT2D eigenvalue weighted by Gasteiger charge is -2.21. The third-order valence-corrected chi connectivity index (χ3v) is 3.41. The molecule has 3 heteroatoms. The van der Waals surface area contributed by atoms with Crippen molar-refractivity contribution >= 4 is 11.3 Å². The van der Waals surface area contributed by atoms with Crippen LogP contribution in [0.3, 0.4) is 0 Å². The molecule has 2 nitrogen and oxygen atoms in total. The fourth-order valence-corrected chi connectivity index (χ4v) is 2.09. The summed E-state index contributed by atoms with van der Waals surface area (Å²) in [7, 11) is 2.04. The first kappa shape index (κ1) is 10.7. The average molecular weight is 198 g/mol. The van der Waals surface area contributed by atoms with Gasteiger partial charge in [-0.25, -0.2) is 0 Å². The molecule has 2 atom stereocenters. The van der Waals surface area contributed by atoms with Crippen molar-refractivity contribution < 1.29 is 0 Å². The number of likely N-dealkylation sites (N-methyl/N-ethyl adjacent to an activating group) is 1. The number of hydrogen-bond donors (Lipinski definition) is 1. The minimum Gasteiger partial charge on any atom is -0.316 e. The molecule has 1 aromatic rings. The summed E-state index contributed by atoms with van der Waals surface area (Å²) in [6, 6.07) is 0.588. The Morgan fingerprint density at radius 3 is 2.85 bits per heavy atom. The van der Waals surface area contributed by atoms with E-state index in [9.17, 15) is 0 Å². The zero-order valence-corrected chi connectivity index (χ0v) is 9.40. The average Bonchev–Trinajstić information content (AvgIpc) is 2.65. The minimum atomic E-state index is 0.588. The molecule has 0 radical (unpaired) electrons. The highest BCUT2D eigenvalue weighted by atomic mass is 32.1. The highest BCUT2D eigenvalue weighted by Gasteiger charge is 2.14. The fourth-order valence-electron chi connectivity index (χ4n) is 1.43. The van der Waals surface area contributed by atoms with Crippen LogP contribution in [0.5, 0.6) is 0 Å². The van der Waals surface area contributed by atoms with Gasteiger partial charge in [0.15, 0.2) is 0 Å². The van der Waals surface area contributed by atoms with Crippen molar-refractivity contribution in [3.63, 3.8) is 0 Å². The van der Waals surface area contributed by atoms with Gasteiger partial charge in [-0.15, -0.1) is 11.3 Å². The van der Waals surface area contributed by atoms with Crippen molar-refractivity contribution in [1.29, 1.82) is 0 Å². The molecule has 0 amide bonds. The molecule has 74 valence electrons. The summed E-state index contributed by atoms with van der Waals surface area (Å²) in [5.41, 5.74) is 1.90. The van der Waals surface area contributed by atoms with E-state index in [1.54, 1.807) is 11.3 Å². The molecule has 0 spiro atoms. The highest BCUT2D eigenvalue weighted by Crippen LogP contribution is 2.15. The standard InChI is InChI=1S/C10H18N2S/c1-4-8(2)10(11-3)5-9-6-12-7-13-9/h6-8,10-11H,4-5H2,1-3H3. The van der Waals surface area contributed by atoms with Gasteiger partial charge in [-0.2, -0.15) is 0 Å². The molecule has 13 heavy (non-hydrogen) atoms. The normalized spacial score (nSPS) is 15.6. The van der Waals surface area contributed by atoms with Gasteiger partial charge in [0.25, 0.3) is 0 Å². The lowest BCUT2D eigenvalue weighted by molar-refractivity contribution is 0.388. The monoisotopic (exact) mass is 198 g/mol. The van der Waals surface area contributed by atoms with Crippen LogP contribution in [-0.2, 0) is 6.42 Å². The second kappa shape index (κ2) is 5.35. The van der Waals surface area contributed by atoms with Crippen LogP contribution in [-0.4, -0.2) is 18.1 Å². The van der Waals surface area contributed by atoms with Crippen molar-refractivity contribution in [3.05, 3.63) is 16.6 Å². The third kappa shape index (κ3) is 3.08. The van der Waals surface area contributed by atoms with Crippen LogP contribution in [0, 0.1) is 5.92 Å². The molecule has 0 saturated heterocycles. The molecule has 0 saturated carbocycles. The Morgan fingerprint density at radius 1 is 1.62 bits per heavy atom. The first-order valence-electron chi connectivity index (χ1n) is 4.82. The number of aromatic nitrogens is 1. The lowest BCUT2D eigenvalue weighted by Crippen LogP contribution is -2.33. The van der Waals surface area contributed by atoms with E-state index >= 15 is 0 Å². The minimum absolute atomic E-state index is 0.588. The van der Waals surface area contributed by atoms with Gasteiger partial charge in [0, 0.05) is 17.1 Å². The van der Waals surface area contributed by atoms with Crippen molar-refractivity contribution in [2.24, 2.45) is 5.92 Å². The summed E-state index contributed by atoms with van der Waals surface area (Å²) in [4.78, 5) is 5.46. The zero-order valence-electron chi connectivity index (χ0n) is 8.58. The molecule has 0 aromatic carbocycles. The van der Waals surface area contributed by atoms with Crippen molar-refractivity contribution in [1.82, 2.24) is 10.3 Å². The smallest absolute Gasteiger partial charge is 0.0794 e. The largest absolute Gasteiger partial charge is 0.316 e. The molecule has 1 heterocycles. The Morgan fingerprint density at radius 2 is 2.38 bits per heavy atom. The van der Waals surface area contributed by atoms with Gasteiger partial charge in [0.05, 0.1) is 5.51 Å². The topological polar surface area (TPSA) is 24.9 Å². The lowest BCUT2D eigenvalue weighted by atomic mass is 9.96. The number of nitrogens with one attached hydrogen (secondary N) is 1. The molecule has 1 N–H and O–H groups in total. The molecule has 0 aliphatic heterocycles. The summed E-state index contributed by atoms with van der Waals surface area (Å²) in [6.07, 6.45) is 4.30. The van der Waals surface area contributed by atoms with E-state index in [2.05, 4.69) is 24.1 Å². The van der Waals surface area contributed by atoms with Gasteiger partial charge in [0.2, 0.25) is 0 Å². The fraction of sp³-hybridized carbons (Fsp3) is 0.700. The predicted molar refractivity (Wildman–Crippen MR) is 58.1 cm³/mol. The van der Waals surface area contributed by atoms with Crippen LogP contribution >= 0.6 is 11.3 Å². The van der Waals surface area contributed by atoms with Crippen molar-refractivity contribution in [3.8, 4) is 0 Å². The van der Waals surface area contributed by atoms with Crippen LogP contribution < -0.4 is 5.32 Å². The molecule has 1 rings (SSSR count). The highest BCUT2D eigenvalue weighted by molar-refractivity contribution is 7.09. The Hall–Kier alpha value is -0.410. The Balaban J connectivity index is 2.49. The maximum Gasteiger partial charge on any atom is 0.0794 e.